The van der Waals surface area contributed by atoms with Crippen molar-refractivity contribution in [2.75, 3.05) is 13.7 Å². The number of hydrogen-bond acceptors (Lipinski definition) is 1. The Morgan fingerprint density at radius 3 is 1.83 bits per heavy atom. The Morgan fingerprint density at radius 2 is 1.58 bits per heavy atom. The van der Waals surface area contributed by atoms with Crippen molar-refractivity contribution in [1.82, 2.24) is 0 Å². The van der Waals surface area contributed by atoms with Gasteiger partial charge in [0.05, 0.1) is 0 Å². The van der Waals surface area contributed by atoms with Gasteiger partial charge in [-0.25, -0.2) is 13.2 Å². The first-order chi connectivity index (χ1) is 5.22. The second kappa shape index (κ2) is 3.51. The molecule has 0 N–H and O–H groups in total. The van der Waals surface area contributed by atoms with Gasteiger partial charge in [0.2, 0.25) is 0 Å². The van der Waals surface area contributed by atoms with E-state index < -0.39 is 24.9 Å². The molecule has 0 aliphatic heterocycles. The van der Waals surface area contributed by atoms with Crippen LogP contribution in [-0.4, -0.2) is 32.0 Å². The molecule has 7 heteroatoms. The highest BCUT2D eigenvalue weighted by Crippen LogP contribution is 2.34. The van der Waals surface area contributed by atoms with E-state index in [9.17, 15) is 26.3 Å². The summed E-state index contributed by atoms with van der Waals surface area (Å²) in [4.78, 5) is 0. The minimum atomic E-state index is -5.55. The number of ether oxygens (including phenoxy) is 1. The van der Waals surface area contributed by atoms with Crippen molar-refractivity contribution < 1.29 is 31.1 Å². The molecule has 0 bridgehead atoms. The molecule has 0 aromatic heterocycles. The van der Waals surface area contributed by atoms with Gasteiger partial charge in [-0.15, -0.1) is 0 Å². The van der Waals surface area contributed by atoms with Crippen LogP contribution in [0.3, 0.4) is 0 Å². The lowest BCUT2D eigenvalue weighted by atomic mass is 10.2. The van der Waals surface area contributed by atoms with Crippen LogP contribution in [0, 0.1) is 0 Å². The molecule has 1 atom stereocenters. The summed E-state index contributed by atoms with van der Waals surface area (Å²) in [5, 5.41) is 0. The average molecular weight is 196 g/mol. The SMILES string of the molecule is COCC(F)(F)C(F)C(F)(F)F. The maximum atomic E-state index is 12.1. The van der Waals surface area contributed by atoms with Gasteiger partial charge in [-0.2, -0.15) is 13.2 Å². The lowest BCUT2D eigenvalue weighted by Gasteiger charge is -2.21. The topological polar surface area (TPSA) is 9.23 Å². The fourth-order valence-corrected chi connectivity index (χ4v) is 0.505. The molecule has 0 aliphatic rings. The molecular weight excluding hydrogens is 190 g/mol. The van der Waals surface area contributed by atoms with Crippen LogP contribution in [0.1, 0.15) is 0 Å². The van der Waals surface area contributed by atoms with Crippen LogP contribution in [0.5, 0.6) is 0 Å². The number of hydrogen-bond donors (Lipinski definition) is 0. The highest BCUT2D eigenvalue weighted by atomic mass is 19.4. The average Bonchev–Trinajstić information content (AvgIpc) is 1.84. The summed E-state index contributed by atoms with van der Waals surface area (Å²) in [7, 11) is 0.761. The summed E-state index contributed by atoms with van der Waals surface area (Å²) < 4.78 is 73.9. The molecule has 0 aromatic carbocycles. The molecule has 0 saturated carbocycles. The van der Waals surface area contributed by atoms with Gasteiger partial charge in [0.25, 0.3) is 6.17 Å². The Hall–Kier alpha value is -0.460. The smallest absolute Gasteiger partial charge is 0.378 e. The first kappa shape index (κ1) is 11.5. The molecule has 1 nitrogen and oxygen atoms in total. The molecule has 0 fully saturated rings. The minimum Gasteiger partial charge on any atom is -0.378 e. The largest absolute Gasteiger partial charge is 0.425 e. The number of rotatable bonds is 3. The first-order valence-electron chi connectivity index (χ1n) is 2.79. The Bertz CT molecular complexity index is 141. The lowest BCUT2D eigenvalue weighted by Crippen LogP contribution is -2.44. The molecule has 12 heavy (non-hydrogen) atoms. The van der Waals surface area contributed by atoms with Crippen LogP contribution in [0.2, 0.25) is 0 Å². The standard InChI is InChI=1S/C5H6F6O/c1-12-2-4(7,8)3(6)5(9,10)11/h3H,2H2,1H3. The van der Waals surface area contributed by atoms with Crippen molar-refractivity contribution in [2.24, 2.45) is 0 Å². The fraction of sp³-hybridized carbons (Fsp3) is 1.00. The van der Waals surface area contributed by atoms with Crippen molar-refractivity contribution in [3.8, 4) is 0 Å². The van der Waals surface area contributed by atoms with Gasteiger partial charge in [-0.05, 0) is 0 Å². The van der Waals surface area contributed by atoms with Crippen molar-refractivity contribution in [3.63, 3.8) is 0 Å². The molecule has 0 rings (SSSR count). The first-order valence-corrected chi connectivity index (χ1v) is 2.79. The number of methoxy groups -OCH3 is 1. The van der Waals surface area contributed by atoms with Crippen molar-refractivity contribution >= 4 is 0 Å². The van der Waals surface area contributed by atoms with Gasteiger partial charge in [-0.1, -0.05) is 0 Å². The third-order valence-corrected chi connectivity index (χ3v) is 0.995. The zero-order chi connectivity index (χ0) is 9.99. The summed E-state index contributed by atoms with van der Waals surface area (Å²) in [6.45, 7) is -1.59. The highest BCUT2D eigenvalue weighted by molar-refractivity contribution is 4.82. The van der Waals surface area contributed by atoms with E-state index in [0.717, 1.165) is 7.11 Å². The van der Waals surface area contributed by atoms with Crippen LogP contribution >= 0.6 is 0 Å². The summed E-state index contributed by atoms with van der Waals surface area (Å²) in [5.74, 6) is -4.52. The highest BCUT2D eigenvalue weighted by Gasteiger charge is 2.56. The quantitative estimate of drug-likeness (QED) is 0.628. The second-order valence-electron chi connectivity index (χ2n) is 2.10. The molecule has 0 amide bonds. The summed E-state index contributed by atoms with van der Waals surface area (Å²) in [6, 6.07) is 0. The summed E-state index contributed by atoms with van der Waals surface area (Å²) in [6.07, 6.45) is -9.73. The number of alkyl halides is 6. The van der Waals surface area contributed by atoms with Crippen molar-refractivity contribution in [1.29, 1.82) is 0 Å². The van der Waals surface area contributed by atoms with E-state index >= 15 is 0 Å². The van der Waals surface area contributed by atoms with Gasteiger partial charge in [0.15, 0.2) is 0 Å². The Kier molecular flexibility index (Phi) is 3.37. The minimum absolute atomic E-state index is 0.761. The van der Waals surface area contributed by atoms with Gasteiger partial charge >= 0.3 is 12.1 Å². The third-order valence-electron chi connectivity index (χ3n) is 0.995. The second-order valence-corrected chi connectivity index (χ2v) is 2.10. The Morgan fingerprint density at radius 1 is 1.17 bits per heavy atom. The number of halogens is 6. The van der Waals surface area contributed by atoms with Crippen LogP contribution < -0.4 is 0 Å². The monoisotopic (exact) mass is 196 g/mol. The normalized spacial score (nSPS) is 16.2. The molecule has 0 aromatic rings. The maximum Gasteiger partial charge on any atom is 0.425 e. The van der Waals surface area contributed by atoms with E-state index in [1.54, 1.807) is 0 Å². The van der Waals surface area contributed by atoms with Crippen LogP contribution in [0.25, 0.3) is 0 Å². The Labute approximate surface area is 64.3 Å². The molecule has 0 heterocycles. The van der Waals surface area contributed by atoms with Crippen molar-refractivity contribution in [2.45, 2.75) is 18.3 Å². The van der Waals surface area contributed by atoms with E-state index in [0.29, 0.717) is 0 Å². The van der Waals surface area contributed by atoms with Crippen LogP contribution in [0.15, 0.2) is 0 Å². The molecule has 0 saturated heterocycles. The Balaban J connectivity index is 4.34. The van der Waals surface area contributed by atoms with Gasteiger partial charge < -0.3 is 4.74 Å². The van der Waals surface area contributed by atoms with Crippen LogP contribution in [-0.2, 0) is 4.74 Å². The van der Waals surface area contributed by atoms with Gasteiger partial charge in [-0.3, -0.25) is 0 Å². The molecule has 0 spiro atoms. The lowest BCUT2D eigenvalue weighted by molar-refractivity contribution is -0.253. The van der Waals surface area contributed by atoms with E-state index in [4.69, 9.17) is 0 Å². The molecule has 0 radical (unpaired) electrons. The molecular formula is C5H6F6O. The van der Waals surface area contributed by atoms with E-state index in [1.807, 2.05) is 0 Å². The fourth-order valence-electron chi connectivity index (χ4n) is 0.505. The molecule has 1 unspecified atom stereocenters. The van der Waals surface area contributed by atoms with Crippen LogP contribution in [0.4, 0.5) is 26.3 Å². The third kappa shape index (κ3) is 2.88. The molecule has 0 aliphatic carbocycles. The van der Waals surface area contributed by atoms with Gasteiger partial charge in [0.1, 0.15) is 6.61 Å². The van der Waals surface area contributed by atoms with Gasteiger partial charge in [0, 0.05) is 7.11 Å². The predicted octanol–water partition coefficient (Wildman–Crippen LogP) is 2.17. The van der Waals surface area contributed by atoms with E-state index in [2.05, 4.69) is 4.74 Å². The maximum absolute atomic E-state index is 12.1. The molecule has 74 valence electrons. The predicted molar refractivity (Wildman–Crippen MR) is 27.8 cm³/mol. The summed E-state index contributed by atoms with van der Waals surface area (Å²) in [5.41, 5.74) is 0. The van der Waals surface area contributed by atoms with E-state index in [1.165, 1.54) is 0 Å². The zero-order valence-corrected chi connectivity index (χ0v) is 5.96. The van der Waals surface area contributed by atoms with Crippen molar-refractivity contribution in [3.05, 3.63) is 0 Å². The summed E-state index contributed by atoms with van der Waals surface area (Å²) >= 11 is 0. The van der Waals surface area contributed by atoms with E-state index in [-0.39, 0.29) is 0 Å². The zero-order valence-electron chi connectivity index (χ0n) is 5.96.